The van der Waals surface area contributed by atoms with Gasteiger partial charge in [0, 0.05) is 0 Å². The molecule has 0 amide bonds. The zero-order valence-corrected chi connectivity index (χ0v) is 5.94. The second-order valence-corrected chi connectivity index (χ2v) is 2.75. The van der Waals surface area contributed by atoms with Crippen LogP contribution in [-0.4, -0.2) is 8.42 Å². The van der Waals surface area contributed by atoms with Crippen LogP contribution in [0, 0.1) is 12.3 Å². The summed E-state index contributed by atoms with van der Waals surface area (Å²) in [6, 6.07) is 0. The Kier molecular flexibility index (Phi) is 1.34. The lowest BCUT2D eigenvalue weighted by molar-refractivity contribution is 0.364. The van der Waals surface area contributed by atoms with Crippen LogP contribution in [0.25, 0.3) is 0 Å². The molecule has 0 radical (unpaired) electrons. The first kappa shape index (κ1) is 6.96. The Morgan fingerprint density at radius 1 is 1.50 bits per heavy atom. The highest BCUT2D eigenvalue weighted by Gasteiger charge is 2.26. The van der Waals surface area contributed by atoms with Gasteiger partial charge in [-0.15, -0.1) is 14.8 Å². The Balaban J connectivity index is 3.02. The van der Waals surface area contributed by atoms with Crippen LogP contribution in [-0.2, 0) is 18.8 Å². The summed E-state index contributed by atoms with van der Waals surface area (Å²) < 4.78 is 29.3. The van der Waals surface area contributed by atoms with Crippen molar-refractivity contribution >= 4 is 10.4 Å². The number of rotatable bonds is 0. The van der Waals surface area contributed by atoms with E-state index in [1.165, 1.54) is 6.92 Å². The van der Waals surface area contributed by atoms with Gasteiger partial charge in [-0.25, -0.2) is 0 Å². The molecule has 0 aromatic rings. The van der Waals surface area contributed by atoms with Crippen molar-refractivity contribution in [2.45, 2.75) is 6.92 Å². The summed E-state index contributed by atoms with van der Waals surface area (Å²) in [7, 11) is -3.87. The Bertz CT molecular complexity index is 316. The van der Waals surface area contributed by atoms with Crippen molar-refractivity contribution in [3.05, 3.63) is 11.5 Å². The molecule has 54 valence electrons. The van der Waals surface area contributed by atoms with E-state index in [1.54, 1.807) is 0 Å². The fourth-order valence-corrected chi connectivity index (χ4v) is 1.28. The second-order valence-electron chi connectivity index (χ2n) is 1.60. The number of hydrogen-bond acceptors (Lipinski definition) is 4. The lowest BCUT2D eigenvalue weighted by Crippen LogP contribution is -1.97. The topological polar surface area (TPSA) is 52.6 Å². The Morgan fingerprint density at radius 2 is 2.10 bits per heavy atom. The van der Waals surface area contributed by atoms with Gasteiger partial charge >= 0.3 is 10.4 Å². The molecule has 0 fully saturated rings. The molecular formula is C5H4O4S. The van der Waals surface area contributed by atoms with Crippen molar-refractivity contribution in [1.29, 1.82) is 0 Å². The minimum atomic E-state index is -3.87. The standard InChI is InChI=1S/C5H4O4S/c1-3-5-4(2)8-10(6,7)9-5/h1H,2H3. The van der Waals surface area contributed by atoms with Crippen LogP contribution in [0.15, 0.2) is 11.5 Å². The van der Waals surface area contributed by atoms with E-state index in [0.717, 1.165) is 0 Å². The summed E-state index contributed by atoms with van der Waals surface area (Å²) in [6.07, 6.45) is 4.87. The van der Waals surface area contributed by atoms with Crippen LogP contribution in [0.2, 0.25) is 0 Å². The van der Waals surface area contributed by atoms with Gasteiger partial charge in [-0.05, 0) is 12.8 Å². The van der Waals surface area contributed by atoms with Crippen LogP contribution in [0.4, 0.5) is 0 Å². The van der Waals surface area contributed by atoms with E-state index < -0.39 is 10.4 Å². The molecular weight excluding hydrogens is 156 g/mol. The van der Waals surface area contributed by atoms with Gasteiger partial charge < -0.3 is 8.37 Å². The third kappa shape index (κ3) is 1.06. The van der Waals surface area contributed by atoms with Gasteiger partial charge in [-0.3, -0.25) is 0 Å². The van der Waals surface area contributed by atoms with E-state index in [1.807, 2.05) is 5.92 Å². The van der Waals surface area contributed by atoms with Crippen molar-refractivity contribution in [1.82, 2.24) is 0 Å². The predicted octanol–water partition coefficient (Wildman–Crippen LogP) is 0.143. The van der Waals surface area contributed by atoms with Crippen molar-refractivity contribution in [3.8, 4) is 12.3 Å². The van der Waals surface area contributed by atoms with Gasteiger partial charge in [-0.2, -0.15) is 0 Å². The molecule has 0 bridgehead atoms. The van der Waals surface area contributed by atoms with Crippen molar-refractivity contribution < 1.29 is 16.8 Å². The van der Waals surface area contributed by atoms with E-state index in [2.05, 4.69) is 8.37 Å². The Hall–Kier alpha value is -1.15. The molecule has 5 heteroatoms. The van der Waals surface area contributed by atoms with Gasteiger partial charge in [0.15, 0.2) is 5.76 Å². The zero-order chi connectivity index (χ0) is 7.78. The quantitative estimate of drug-likeness (QED) is 0.473. The normalized spacial score (nSPS) is 21.2. The zero-order valence-electron chi connectivity index (χ0n) is 5.12. The first-order chi connectivity index (χ1) is 4.55. The van der Waals surface area contributed by atoms with Crippen LogP contribution in [0.5, 0.6) is 0 Å². The van der Waals surface area contributed by atoms with Gasteiger partial charge in [0.2, 0.25) is 5.76 Å². The third-order valence-electron chi connectivity index (χ3n) is 0.863. The van der Waals surface area contributed by atoms with Gasteiger partial charge in [-0.1, -0.05) is 0 Å². The van der Waals surface area contributed by atoms with Crippen LogP contribution >= 0.6 is 0 Å². The Labute approximate surface area is 58.8 Å². The summed E-state index contributed by atoms with van der Waals surface area (Å²) in [6.45, 7) is 1.42. The van der Waals surface area contributed by atoms with Gasteiger partial charge in [0.05, 0.1) is 0 Å². The molecule has 1 heterocycles. The third-order valence-corrected chi connectivity index (χ3v) is 1.69. The highest BCUT2D eigenvalue weighted by atomic mass is 32.3. The van der Waals surface area contributed by atoms with Crippen LogP contribution in [0.3, 0.4) is 0 Å². The molecule has 0 N–H and O–H groups in total. The van der Waals surface area contributed by atoms with Crippen molar-refractivity contribution in [3.63, 3.8) is 0 Å². The van der Waals surface area contributed by atoms with E-state index in [9.17, 15) is 8.42 Å². The molecule has 0 unspecified atom stereocenters. The lowest BCUT2D eigenvalue weighted by Gasteiger charge is -1.89. The summed E-state index contributed by atoms with van der Waals surface area (Å²) in [5.41, 5.74) is 0. The Morgan fingerprint density at radius 3 is 2.30 bits per heavy atom. The fourth-order valence-electron chi connectivity index (χ4n) is 0.494. The molecule has 4 nitrogen and oxygen atoms in total. The molecule has 0 aliphatic carbocycles. The fraction of sp³-hybridized carbons (Fsp3) is 0.200. The second kappa shape index (κ2) is 1.92. The van der Waals surface area contributed by atoms with E-state index in [-0.39, 0.29) is 11.5 Å². The number of allylic oxidation sites excluding steroid dienone is 2. The molecule has 0 atom stereocenters. The predicted molar refractivity (Wildman–Crippen MR) is 32.6 cm³/mol. The first-order valence-corrected chi connectivity index (χ1v) is 3.70. The van der Waals surface area contributed by atoms with Gasteiger partial charge in [0.1, 0.15) is 0 Å². The van der Waals surface area contributed by atoms with Crippen molar-refractivity contribution in [2.24, 2.45) is 0 Å². The summed E-state index contributed by atoms with van der Waals surface area (Å²) >= 11 is 0. The molecule has 0 spiro atoms. The molecule has 0 saturated carbocycles. The maximum Gasteiger partial charge on any atom is 0.501 e. The van der Waals surface area contributed by atoms with Gasteiger partial charge in [0.25, 0.3) is 0 Å². The lowest BCUT2D eigenvalue weighted by atomic mass is 10.4. The highest BCUT2D eigenvalue weighted by Crippen LogP contribution is 2.21. The maximum absolute atomic E-state index is 10.4. The van der Waals surface area contributed by atoms with E-state index in [4.69, 9.17) is 6.42 Å². The monoisotopic (exact) mass is 160 g/mol. The highest BCUT2D eigenvalue weighted by molar-refractivity contribution is 7.82. The van der Waals surface area contributed by atoms with Crippen molar-refractivity contribution in [2.75, 3.05) is 0 Å². The van der Waals surface area contributed by atoms with E-state index >= 15 is 0 Å². The average Bonchev–Trinajstić information content (AvgIpc) is 2.05. The minimum absolute atomic E-state index is 0.0833. The summed E-state index contributed by atoms with van der Waals surface area (Å²) in [4.78, 5) is 0. The SMILES string of the molecule is C#CC1=C(C)OS(=O)(=O)O1. The maximum atomic E-state index is 10.4. The number of hydrogen-bond donors (Lipinski definition) is 0. The average molecular weight is 160 g/mol. The van der Waals surface area contributed by atoms with Crippen LogP contribution < -0.4 is 0 Å². The minimum Gasteiger partial charge on any atom is -0.353 e. The molecule has 10 heavy (non-hydrogen) atoms. The molecule has 0 saturated heterocycles. The molecule has 1 aliphatic heterocycles. The largest absolute Gasteiger partial charge is 0.501 e. The molecule has 0 aromatic carbocycles. The molecule has 1 rings (SSSR count). The summed E-state index contributed by atoms with van der Waals surface area (Å²) in [5, 5.41) is 0. The van der Waals surface area contributed by atoms with E-state index in [0.29, 0.717) is 0 Å². The number of terminal acetylenes is 1. The molecule has 0 aromatic heterocycles. The molecule has 1 aliphatic rings. The smallest absolute Gasteiger partial charge is 0.353 e. The summed E-state index contributed by atoms with van der Waals surface area (Å²) in [5.74, 6) is 2.04. The van der Waals surface area contributed by atoms with Crippen LogP contribution in [0.1, 0.15) is 6.92 Å². The first-order valence-electron chi connectivity index (χ1n) is 2.36.